The Labute approximate surface area is 258 Å². The number of fused-ring (bicyclic) bond motifs is 7. The average molecular weight is 595 g/mol. The molecule has 1 aromatic carbocycles. The van der Waals surface area contributed by atoms with Gasteiger partial charge in [0, 0.05) is 10.9 Å². The lowest BCUT2D eigenvalue weighted by molar-refractivity contribution is -0.211. The molecule has 0 spiro atoms. The number of halogens is 1. The maximum atomic E-state index is 14.6. The minimum Gasteiger partial charge on any atom is -0.481 e. The van der Waals surface area contributed by atoms with Gasteiger partial charge in [0.25, 0.3) is 0 Å². The van der Waals surface area contributed by atoms with Crippen LogP contribution >= 0.6 is 11.6 Å². The predicted molar refractivity (Wildman–Crippen MR) is 167 cm³/mol. The number of carbonyl (C=O) groups excluding carboxylic acids is 1. The highest BCUT2D eigenvalue weighted by atomic mass is 35.5. The van der Waals surface area contributed by atoms with Crippen LogP contribution in [0.5, 0.6) is 0 Å². The van der Waals surface area contributed by atoms with Gasteiger partial charge in [-0.15, -0.1) is 0 Å². The number of benzene rings is 1. The van der Waals surface area contributed by atoms with E-state index in [0.29, 0.717) is 24.7 Å². The smallest absolute Gasteiger partial charge is 0.309 e. The van der Waals surface area contributed by atoms with Crippen LogP contribution in [-0.4, -0.2) is 23.0 Å². The number of carbonyl (C=O) groups is 2. The molecule has 0 bridgehead atoms. The van der Waals surface area contributed by atoms with E-state index in [-0.39, 0.29) is 45.0 Å². The number of carboxylic acid groups (broad SMARTS) is 1. The molecule has 0 amide bonds. The molecule has 6 rings (SSSR count). The Morgan fingerprint density at radius 2 is 1.60 bits per heavy atom. The van der Waals surface area contributed by atoms with Crippen molar-refractivity contribution in [2.45, 2.75) is 119 Å². The van der Waals surface area contributed by atoms with Gasteiger partial charge in [-0.05, 0) is 127 Å². The Balaban J connectivity index is 1.32. The van der Waals surface area contributed by atoms with Crippen LogP contribution in [0.1, 0.15) is 112 Å². The Morgan fingerprint density at radius 1 is 0.929 bits per heavy atom. The number of ketones is 1. The molecule has 9 atom stereocenters. The number of allylic oxidation sites excluding steroid dienone is 2. The molecule has 42 heavy (non-hydrogen) atoms. The first-order valence-electron chi connectivity index (χ1n) is 16.4. The molecule has 0 aliphatic heterocycles. The molecule has 0 aromatic heterocycles. The van der Waals surface area contributed by atoms with Crippen LogP contribution in [0.25, 0.3) is 0 Å². The Bertz CT molecular complexity index is 1320. The van der Waals surface area contributed by atoms with Crippen molar-refractivity contribution in [2.75, 3.05) is 0 Å². The number of carboxylic acids is 1. The summed E-state index contributed by atoms with van der Waals surface area (Å²) in [5.74, 6) is 0.155. The quantitative estimate of drug-likeness (QED) is 0.377. The summed E-state index contributed by atoms with van der Waals surface area (Å²) in [6, 6.07) is 7.93. The van der Waals surface area contributed by atoms with Crippen LogP contribution in [0.15, 0.2) is 35.9 Å². The predicted octanol–water partition coefficient (Wildman–Crippen LogP) is 9.29. The van der Waals surface area contributed by atoms with Crippen LogP contribution < -0.4 is 0 Å². The highest BCUT2D eigenvalue weighted by molar-refractivity contribution is 6.30. The lowest BCUT2D eigenvalue weighted by Gasteiger charge is -2.70. The van der Waals surface area contributed by atoms with Gasteiger partial charge in [0.05, 0.1) is 18.1 Å². The van der Waals surface area contributed by atoms with Gasteiger partial charge in [0.2, 0.25) is 0 Å². The van der Waals surface area contributed by atoms with Gasteiger partial charge in [-0.2, -0.15) is 0 Å². The fourth-order valence-electron chi connectivity index (χ4n) is 11.4. The molecule has 4 saturated carbocycles. The molecule has 1 N–H and O–H groups in total. The van der Waals surface area contributed by atoms with Gasteiger partial charge in [0.15, 0.2) is 5.78 Å². The fourth-order valence-corrected chi connectivity index (χ4v) is 11.6. The van der Waals surface area contributed by atoms with E-state index in [4.69, 9.17) is 16.3 Å². The molecule has 4 fully saturated rings. The summed E-state index contributed by atoms with van der Waals surface area (Å²) in [5, 5.41) is 10.9. The number of rotatable bonds is 4. The molecule has 5 aliphatic carbocycles. The second-order valence-corrected chi connectivity index (χ2v) is 17.3. The normalized spacial score (nSPS) is 46.0. The molecule has 230 valence electrons. The first-order chi connectivity index (χ1) is 19.5. The second kappa shape index (κ2) is 9.67. The lowest BCUT2D eigenvalue weighted by atomic mass is 9.33. The van der Waals surface area contributed by atoms with Gasteiger partial charge in [0.1, 0.15) is 0 Å². The summed E-state index contributed by atoms with van der Waals surface area (Å²) >= 11 is 6.10. The zero-order chi connectivity index (χ0) is 30.5. The van der Waals surface area contributed by atoms with Crippen molar-refractivity contribution in [3.8, 4) is 0 Å². The third-order valence-electron chi connectivity index (χ3n) is 14.4. The van der Waals surface area contributed by atoms with E-state index in [1.807, 2.05) is 31.2 Å². The number of ether oxygens (including phenoxy) is 1. The summed E-state index contributed by atoms with van der Waals surface area (Å²) in [4.78, 5) is 26.9. The summed E-state index contributed by atoms with van der Waals surface area (Å²) in [7, 11) is 0. The largest absolute Gasteiger partial charge is 0.481 e. The molecular weight excluding hydrogens is 544 g/mol. The number of hydrogen-bond acceptors (Lipinski definition) is 3. The van der Waals surface area contributed by atoms with Crippen molar-refractivity contribution in [1.82, 2.24) is 0 Å². The third kappa shape index (κ3) is 4.16. The van der Waals surface area contributed by atoms with Gasteiger partial charge in [-0.1, -0.05) is 70.8 Å². The average Bonchev–Trinajstić information content (AvgIpc) is 2.91. The van der Waals surface area contributed by atoms with Gasteiger partial charge < -0.3 is 9.84 Å². The first-order valence-corrected chi connectivity index (χ1v) is 16.7. The van der Waals surface area contributed by atoms with E-state index in [1.54, 1.807) is 0 Å². The van der Waals surface area contributed by atoms with E-state index >= 15 is 0 Å². The molecule has 5 heteroatoms. The molecule has 0 unspecified atom stereocenters. The Kier molecular flexibility index (Phi) is 7.00. The third-order valence-corrected chi connectivity index (χ3v) is 14.6. The molecular formula is C37H51ClO4. The minimum absolute atomic E-state index is 0.0206. The van der Waals surface area contributed by atoms with Crippen molar-refractivity contribution in [3.63, 3.8) is 0 Å². The monoisotopic (exact) mass is 594 g/mol. The van der Waals surface area contributed by atoms with Crippen molar-refractivity contribution in [1.29, 1.82) is 0 Å². The first kappa shape index (κ1) is 30.4. The SMILES string of the molecule is CC1(C)[C@@H](OCc2ccc(Cl)cc2)CC[C@]2(C)[C@H]3C(=O)C=C4[C@@H]5C[C@@](C)(C(=O)O)CC[C@]5(C)CC[C@@]4(C)[C@]3(C)CC[C@@H]12. The Hall–Kier alpha value is -1.65. The van der Waals surface area contributed by atoms with Crippen LogP contribution in [-0.2, 0) is 20.9 Å². The summed E-state index contributed by atoms with van der Waals surface area (Å²) in [6.45, 7) is 16.9. The van der Waals surface area contributed by atoms with Crippen LogP contribution in [0.3, 0.4) is 0 Å². The molecule has 5 aliphatic rings. The van der Waals surface area contributed by atoms with E-state index in [0.717, 1.165) is 62.0 Å². The van der Waals surface area contributed by atoms with Gasteiger partial charge >= 0.3 is 5.97 Å². The van der Waals surface area contributed by atoms with E-state index < -0.39 is 11.4 Å². The summed E-state index contributed by atoms with van der Waals surface area (Å²) in [6.07, 6.45) is 10.8. The highest BCUT2D eigenvalue weighted by Crippen LogP contribution is 2.75. The maximum Gasteiger partial charge on any atom is 0.309 e. The van der Waals surface area contributed by atoms with E-state index in [1.165, 1.54) is 5.57 Å². The van der Waals surface area contributed by atoms with Gasteiger partial charge in [-0.25, -0.2) is 0 Å². The molecule has 4 nitrogen and oxygen atoms in total. The molecule has 0 heterocycles. The highest BCUT2D eigenvalue weighted by Gasteiger charge is 2.70. The van der Waals surface area contributed by atoms with Crippen LogP contribution in [0, 0.1) is 50.2 Å². The lowest BCUT2D eigenvalue weighted by Crippen LogP contribution is -2.66. The van der Waals surface area contributed by atoms with Crippen molar-refractivity contribution in [2.24, 2.45) is 50.2 Å². The summed E-state index contributed by atoms with van der Waals surface area (Å²) < 4.78 is 6.63. The minimum atomic E-state index is -0.720. The van der Waals surface area contributed by atoms with Crippen LogP contribution in [0.2, 0.25) is 5.02 Å². The van der Waals surface area contributed by atoms with Crippen molar-refractivity contribution < 1.29 is 19.4 Å². The molecule has 0 radical (unpaired) electrons. The van der Waals surface area contributed by atoms with Gasteiger partial charge in [-0.3, -0.25) is 9.59 Å². The summed E-state index contributed by atoms with van der Waals surface area (Å²) in [5.41, 5.74) is 1.41. The maximum absolute atomic E-state index is 14.6. The topological polar surface area (TPSA) is 63.6 Å². The van der Waals surface area contributed by atoms with Crippen molar-refractivity contribution >= 4 is 23.4 Å². The van der Waals surface area contributed by atoms with Crippen LogP contribution in [0.4, 0.5) is 0 Å². The van der Waals surface area contributed by atoms with Crippen molar-refractivity contribution in [3.05, 3.63) is 46.5 Å². The molecule has 0 saturated heterocycles. The molecule has 1 aromatic rings. The Morgan fingerprint density at radius 3 is 2.26 bits per heavy atom. The standard InChI is InChI=1S/C37H51ClO4/c1-32(2)28-12-15-37(7)30(35(28,5)14-13-29(32)42-22-23-8-10-24(38)11-9-23)27(39)20-25-26-21-34(4,31(40)41)17-16-33(26,3)18-19-36(25,37)6/h8-11,20,26,28-30H,12-19,21-22H2,1-7H3,(H,40,41)/t26-,28-,29-,30+,33+,34-,35-,36+,37+/m0/s1. The second-order valence-electron chi connectivity index (χ2n) is 16.8. The zero-order valence-electron chi connectivity index (χ0n) is 26.8. The fraction of sp³-hybridized carbons (Fsp3) is 0.730. The number of aliphatic carboxylic acids is 1. The number of hydrogen-bond donors (Lipinski definition) is 1. The van der Waals surface area contributed by atoms with E-state index in [2.05, 4.69) is 47.6 Å². The van der Waals surface area contributed by atoms with E-state index in [9.17, 15) is 14.7 Å². The zero-order valence-corrected chi connectivity index (χ0v) is 27.6.